The predicted molar refractivity (Wildman–Crippen MR) is 73.2 cm³/mol. The summed E-state index contributed by atoms with van der Waals surface area (Å²) in [5, 5.41) is 6.87. The molecule has 0 radical (unpaired) electrons. The summed E-state index contributed by atoms with van der Waals surface area (Å²) in [6.07, 6.45) is 1.47. The number of carbonyl (C=O) groups excluding carboxylic acids is 1. The van der Waals surface area contributed by atoms with Crippen LogP contribution >= 0.6 is 0 Å². The number of nitrogens with two attached hydrogens (primary N) is 1. The highest BCUT2D eigenvalue weighted by Crippen LogP contribution is 2.17. The highest BCUT2D eigenvalue weighted by atomic mass is 16.5. The van der Waals surface area contributed by atoms with Gasteiger partial charge < -0.3 is 20.3 Å². The monoisotopic (exact) mass is 276 g/mol. The van der Waals surface area contributed by atoms with E-state index in [1.54, 1.807) is 13.0 Å². The van der Waals surface area contributed by atoms with Crippen LogP contribution in [0.5, 0.6) is 0 Å². The number of ether oxygens (including phenoxy) is 1. The van der Waals surface area contributed by atoms with E-state index in [0.29, 0.717) is 23.6 Å². The normalized spacial score (nSPS) is 10.3. The zero-order chi connectivity index (χ0) is 14.5. The van der Waals surface area contributed by atoms with Crippen LogP contribution in [0.1, 0.15) is 28.7 Å². The molecule has 0 atom stereocenters. The van der Waals surface area contributed by atoms with E-state index in [2.05, 4.69) is 15.5 Å². The van der Waals surface area contributed by atoms with Crippen LogP contribution in [0.3, 0.4) is 0 Å². The SMILES string of the molecule is CCOC(=O)c1cc(N)cnc1NCc1cc(C)on1. The third kappa shape index (κ3) is 3.25. The van der Waals surface area contributed by atoms with Gasteiger partial charge >= 0.3 is 5.97 Å². The lowest BCUT2D eigenvalue weighted by Gasteiger charge is -2.09. The van der Waals surface area contributed by atoms with Crippen LogP contribution in [0.2, 0.25) is 0 Å². The van der Waals surface area contributed by atoms with Crippen molar-refractivity contribution in [1.82, 2.24) is 10.1 Å². The van der Waals surface area contributed by atoms with Crippen LogP contribution in [0.25, 0.3) is 0 Å². The zero-order valence-electron chi connectivity index (χ0n) is 11.3. The molecule has 2 aromatic rings. The highest BCUT2D eigenvalue weighted by Gasteiger charge is 2.14. The van der Waals surface area contributed by atoms with Crippen molar-refractivity contribution in [3.8, 4) is 0 Å². The first-order valence-electron chi connectivity index (χ1n) is 6.19. The average Bonchev–Trinajstić information content (AvgIpc) is 2.83. The van der Waals surface area contributed by atoms with Gasteiger partial charge in [-0.3, -0.25) is 0 Å². The molecule has 20 heavy (non-hydrogen) atoms. The maximum atomic E-state index is 11.8. The van der Waals surface area contributed by atoms with E-state index in [9.17, 15) is 4.79 Å². The van der Waals surface area contributed by atoms with E-state index in [1.807, 2.05) is 6.92 Å². The van der Waals surface area contributed by atoms with Crippen molar-refractivity contribution in [3.63, 3.8) is 0 Å². The van der Waals surface area contributed by atoms with Gasteiger partial charge in [0.25, 0.3) is 0 Å². The highest BCUT2D eigenvalue weighted by molar-refractivity contribution is 5.95. The molecule has 7 nitrogen and oxygen atoms in total. The number of aromatic nitrogens is 2. The molecule has 0 aliphatic carbocycles. The topological polar surface area (TPSA) is 103 Å². The van der Waals surface area contributed by atoms with E-state index in [0.717, 1.165) is 11.5 Å². The molecule has 2 heterocycles. The fraction of sp³-hybridized carbons (Fsp3) is 0.308. The first-order valence-corrected chi connectivity index (χ1v) is 6.19. The Morgan fingerprint density at radius 3 is 2.95 bits per heavy atom. The Kier molecular flexibility index (Phi) is 4.19. The molecule has 0 amide bonds. The first kappa shape index (κ1) is 13.9. The largest absolute Gasteiger partial charge is 0.462 e. The number of nitrogens with zero attached hydrogens (tertiary/aromatic N) is 2. The number of carbonyl (C=O) groups is 1. The van der Waals surface area contributed by atoms with Crippen LogP contribution in [0.4, 0.5) is 11.5 Å². The molecule has 0 saturated carbocycles. The van der Waals surface area contributed by atoms with Crippen molar-refractivity contribution in [2.45, 2.75) is 20.4 Å². The third-order valence-corrected chi connectivity index (χ3v) is 2.52. The predicted octanol–water partition coefficient (Wildman–Crippen LogP) is 1.75. The number of nitrogens with one attached hydrogen (secondary N) is 1. The third-order valence-electron chi connectivity index (χ3n) is 2.52. The zero-order valence-corrected chi connectivity index (χ0v) is 11.3. The van der Waals surface area contributed by atoms with Crippen molar-refractivity contribution in [2.24, 2.45) is 0 Å². The van der Waals surface area contributed by atoms with E-state index in [-0.39, 0.29) is 6.61 Å². The summed E-state index contributed by atoms with van der Waals surface area (Å²) < 4.78 is 9.94. The van der Waals surface area contributed by atoms with Crippen molar-refractivity contribution in [2.75, 3.05) is 17.7 Å². The van der Waals surface area contributed by atoms with Gasteiger partial charge in [0.2, 0.25) is 0 Å². The minimum atomic E-state index is -0.467. The minimum Gasteiger partial charge on any atom is -0.462 e. The lowest BCUT2D eigenvalue weighted by Crippen LogP contribution is -2.12. The average molecular weight is 276 g/mol. The minimum absolute atomic E-state index is 0.287. The lowest BCUT2D eigenvalue weighted by molar-refractivity contribution is 0.0527. The van der Waals surface area contributed by atoms with Crippen LogP contribution in [-0.4, -0.2) is 22.7 Å². The molecule has 7 heteroatoms. The molecule has 0 unspecified atom stereocenters. The number of hydrogen-bond acceptors (Lipinski definition) is 7. The van der Waals surface area contributed by atoms with Gasteiger partial charge in [-0.2, -0.15) is 0 Å². The molecule has 0 spiro atoms. The molecule has 0 bridgehead atoms. The first-order chi connectivity index (χ1) is 9.60. The van der Waals surface area contributed by atoms with Gasteiger partial charge in [0, 0.05) is 6.07 Å². The molecule has 0 aliphatic rings. The number of rotatable bonds is 5. The molecule has 0 aromatic carbocycles. The van der Waals surface area contributed by atoms with E-state index >= 15 is 0 Å². The van der Waals surface area contributed by atoms with Gasteiger partial charge in [-0.15, -0.1) is 0 Å². The van der Waals surface area contributed by atoms with Gasteiger partial charge in [0.05, 0.1) is 25.0 Å². The second-order valence-electron chi connectivity index (χ2n) is 4.17. The smallest absolute Gasteiger partial charge is 0.341 e. The lowest BCUT2D eigenvalue weighted by atomic mass is 10.2. The number of nitrogen functional groups attached to an aromatic ring is 1. The van der Waals surface area contributed by atoms with Gasteiger partial charge in [0.15, 0.2) is 0 Å². The Hall–Kier alpha value is -2.57. The molecule has 0 saturated heterocycles. The van der Waals surface area contributed by atoms with Crippen molar-refractivity contribution >= 4 is 17.5 Å². The van der Waals surface area contributed by atoms with E-state index in [4.69, 9.17) is 15.0 Å². The summed E-state index contributed by atoms with van der Waals surface area (Å²) in [6.45, 7) is 4.22. The Morgan fingerprint density at radius 2 is 2.30 bits per heavy atom. The summed E-state index contributed by atoms with van der Waals surface area (Å²) in [5.74, 6) is 0.655. The Morgan fingerprint density at radius 1 is 1.50 bits per heavy atom. The number of anilines is 2. The van der Waals surface area contributed by atoms with E-state index < -0.39 is 5.97 Å². The Balaban J connectivity index is 2.16. The summed E-state index contributed by atoms with van der Waals surface area (Å²) >= 11 is 0. The fourth-order valence-electron chi connectivity index (χ4n) is 1.66. The van der Waals surface area contributed by atoms with Crippen LogP contribution in [-0.2, 0) is 11.3 Å². The Bertz CT molecular complexity index is 609. The second kappa shape index (κ2) is 6.05. The molecule has 106 valence electrons. The van der Waals surface area contributed by atoms with Crippen molar-refractivity contribution in [1.29, 1.82) is 0 Å². The van der Waals surface area contributed by atoms with Crippen molar-refractivity contribution in [3.05, 3.63) is 35.3 Å². The molecule has 0 aliphatic heterocycles. The second-order valence-corrected chi connectivity index (χ2v) is 4.17. The maximum Gasteiger partial charge on any atom is 0.341 e. The number of pyridine rings is 1. The Labute approximate surface area is 116 Å². The molecule has 0 fully saturated rings. The summed E-state index contributed by atoms with van der Waals surface area (Å²) in [6, 6.07) is 3.33. The molecule has 3 N–H and O–H groups in total. The van der Waals surface area contributed by atoms with Gasteiger partial charge in [-0.1, -0.05) is 5.16 Å². The van der Waals surface area contributed by atoms with Crippen molar-refractivity contribution < 1.29 is 14.1 Å². The summed E-state index contributed by atoms with van der Waals surface area (Å²) in [7, 11) is 0. The van der Waals surface area contributed by atoms with Gasteiger partial charge in [-0.05, 0) is 19.9 Å². The van der Waals surface area contributed by atoms with Crippen LogP contribution < -0.4 is 11.1 Å². The number of hydrogen-bond donors (Lipinski definition) is 2. The maximum absolute atomic E-state index is 11.8. The fourth-order valence-corrected chi connectivity index (χ4v) is 1.66. The van der Waals surface area contributed by atoms with Crippen LogP contribution in [0, 0.1) is 6.92 Å². The molecule has 2 rings (SSSR count). The number of esters is 1. The van der Waals surface area contributed by atoms with Gasteiger partial charge in [0.1, 0.15) is 22.8 Å². The molecular formula is C13H16N4O3. The molecule has 2 aromatic heterocycles. The van der Waals surface area contributed by atoms with E-state index in [1.165, 1.54) is 12.3 Å². The molecular weight excluding hydrogens is 260 g/mol. The van der Waals surface area contributed by atoms with Crippen LogP contribution in [0.15, 0.2) is 22.9 Å². The summed E-state index contributed by atoms with van der Waals surface area (Å²) in [5.41, 5.74) is 7.06. The number of aryl methyl sites for hydroxylation is 1. The standard InChI is InChI=1S/C13H16N4O3/c1-3-19-13(18)11-5-9(14)6-15-12(11)16-7-10-4-8(2)20-17-10/h4-6H,3,7,14H2,1-2H3,(H,15,16). The quantitative estimate of drug-likeness (QED) is 0.802. The van der Waals surface area contributed by atoms with Gasteiger partial charge in [-0.25, -0.2) is 9.78 Å². The summed E-state index contributed by atoms with van der Waals surface area (Å²) in [4.78, 5) is 15.9.